The van der Waals surface area contributed by atoms with Crippen LogP contribution in [0.3, 0.4) is 0 Å². The molecule has 0 aliphatic carbocycles. The van der Waals surface area contributed by atoms with E-state index in [2.05, 4.69) is 4.72 Å². The molecule has 0 amide bonds. The minimum absolute atomic E-state index is 0.0370. The summed E-state index contributed by atoms with van der Waals surface area (Å²) in [6.07, 6.45) is 5.12. The van der Waals surface area contributed by atoms with Gasteiger partial charge in [0.2, 0.25) is 10.0 Å². The second-order valence-electron chi connectivity index (χ2n) is 7.04. The van der Waals surface area contributed by atoms with Gasteiger partial charge in [-0.05, 0) is 42.7 Å². The van der Waals surface area contributed by atoms with Crippen molar-refractivity contribution in [3.05, 3.63) is 59.5 Å². The van der Waals surface area contributed by atoms with Crippen LogP contribution in [0.2, 0.25) is 0 Å². The molecule has 1 saturated heterocycles. The number of benzene rings is 2. The van der Waals surface area contributed by atoms with Gasteiger partial charge in [0.05, 0.1) is 23.1 Å². The third-order valence-electron chi connectivity index (χ3n) is 4.87. The van der Waals surface area contributed by atoms with Gasteiger partial charge in [0.1, 0.15) is 5.75 Å². The third kappa shape index (κ3) is 5.62. The molecule has 1 fully saturated rings. The van der Waals surface area contributed by atoms with E-state index in [1.54, 1.807) is 24.3 Å². The van der Waals surface area contributed by atoms with E-state index in [0.717, 1.165) is 36.7 Å². The molecule has 0 bridgehead atoms. The van der Waals surface area contributed by atoms with Crippen molar-refractivity contribution in [2.75, 3.05) is 24.9 Å². The van der Waals surface area contributed by atoms with Crippen LogP contribution in [0.25, 0.3) is 6.08 Å². The number of ether oxygens (including phenoxy) is 1. The first-order valence-corrected chi connectivity index (χ1v) is 12.7. The summed E-state index contributed by atoms with van der Waals surface area (Å²) in [6.45, 7) is 0.935. The number of sulfonamides is 2. The molecule has 1 aliphatic rings. The summed E-state index contributed by atoms with van der Waals surface area (Å²) in [7, 11) is -6.20. The van der Waals surface area contributed by atoms with E-state index in [4.69, 9.17) is 4.74 Å². The second kappa shape index (κ2) is 9.63. The van der Waals surface area contributed by atoms with Gasteiger partial charge in [-0.15, -0.1) is 0 Å². The van der Waals surface area contributed by atoms with Crippen LogP contribution in [-0.2, 0) is 20.0 Å². The van der Waals surface area contributed by atoms with Gasteiger partial charge in [-0.1, -0.05) is 43.2 Å². The Hall–Kier alpha value is -2.36. The van der Waals surface area contributed by atoms with Crippen LogP contribution in [0.1, 0.15) is 31.2 Å². The molecule has 1 N–H and O–H groups in total. The Morgan fingerprint density at radius 3 is 2.23 bits per heavy atom. The van der Waals surface area contributed by atoms with Crippen LogP contribution in [0.5, 0.6) is 5.75 Å². The Balaban J connectivity index is 1.88. The number of hydrogen-bond donors (Lipinski definition) is 1. The van der Waals surface area contributed by atoms with Crippen molar-refractivity contribution in [3.63, 3.8) is 0 Å². The van der Waals surface area contributed by atoms with Crippen molar-refractivity contribution in [2.24, 2.45) is 0 Å². The average Bonchev–Trinajstić information content (AvgIpc) is 3.03. The van der Waals surface area contributed by atoms with E-state index in [9.17, 15) is 16.8 Å². The lowest BCUT2D eigenvalue weighted by Crippen LogP contribution is -2.32. The van der Waals surface area contributed by atoms with Gasteiger partial charge < -0.3 is 4.74 Å². The molecule has 1 heterocycles. The van der Waals surface area contributed by atoms with E-state index in [1.807, 2.05) is 6.07 Å². The first-order valence-electron chi connectivity index (χ1n) is 9.76. The lowest BCUT2D eigenvalue weighted by atomic mass is 10.2. The van der Waals surface area contributed by atoms with Crippen molar-refractivity contribution in [3.8, 4) is 5.75 Å². The standard InChI is InChI=1S/C21H26N2O5S2/c1-28-21-12-11-19(30(26,27)23-14-7-2-3-8-15-23)17-20(21)22-29(24,25)16-13-18-9-5-4-6-10-18/h4-6,9-13,16-17,22H,2-3,7-8,14-15H2,1H3/b16-13+. The molecular formula is C21H26N2O5S2. The van der Waals surface area contributed by atoms with Gasteiger partial charge in [0.15, 0.2) is 0 Å². The second-order valence-corrected chi connectivity index (χ2v) is 10.5. The molecule has 30 heavy (non-hydrogen) atoms. The highest BCUT2D eigenvalue weighted by Crippen LogP contribution is 2.30. The van der Waals surface area contributed by atoms with E-state index in [1.165, 1.54) is 35.7 Å². The molecule has 0 saturated carbocycles. The van der Waals surface area contributed by atoms with E-state index < -0.39 is 20.0 Å². The topological polar surface area (TPSA) is 92.8 Å². The van der Waals surface area contributed by atoms with Crippen LogP contribution in [-0.4, -0.2) is 41.3 Å². The molecular weight excluding hydrogens is 424 g/mol. The summed E-state index contributed by atoms with van der Waals surface area (Å²) < 4.78 is 60.3. The Morgan fingerprint density at radius 1 is 0.933 bits per heavy atom. The highest BCUT2D eigenvalue weighted by Gasteiger charge is 2.26. The Labute approximate surface area is 178 Å². The minimum atomic E-state index is -3.88. The fraction of sp³-hybridized carbons (Fsp3) is 0.333. The molecule has 3 rings (SSSR count). The monoisotopic (exact) mass is 450 g/mol. The van der Waals surface area contributed by atoms with Crippen molar-refractivity contribution >= 4 is 31.8 Å². The highest BCUT2D eigenvalue weighted by molar-refractivity contribution is 7.95. The molecule has 0 unspecified atom stereocenters. The summed E-state index contributed by atoms with van der Waals surface area (Å²) in [5, 5.41) is 1.04. The summed E-state index contributed by atoms with van der Waals surface area (Å²) >= 11 is 0. The zero-order valence-electron chi connectivity index (χ0n) is 16.8. The maximum Gasteiger partial charge on any atom is 0.255 e. The molecule has 7 nitrogen and oxygen atoms in total. The number of anilines is 1. The van der Waals surface area contributed by atoms with Crippen LogP contribution in [0, 0.1) is 0 Å². The summed E-state index contributed by atoms with van der Waals surface area (Å²) in [5.41, 5.74) is 0.804. The van der Waals surface area contributed by atoms with E-state index >= 15 is 0 Å². The normalized spacial score (nSPS) is 16.3. The summed E-state index contributed by atoms with van der Waals surface area (Å²) in [4.78, 5) is 0.0370. The quantitative estimate of drug-likeness (QED) is 0.695. The van der Waals surface area contributed by atoms with Crippen molar-refractivity contribution < 1.29 is 21.6 Å². The van der Waals surface area contributed by atoms with Crippen LogP contribution in [0.4, 0.5) is 5.69 Å². The van der Waals surface area contributed by atoms with Crippen LogP contribution in [0.15, 0.2) is 58.8 Å². The number of nitrogens with one attached hydrogen (secondary N) is 1. The van der Waals surface area contributed by atoms with Gasteiger partial charge in [-0.3, -0.25) is 4.72 Å². The molecule has 2 aromatic carbocycles. The lowest BCUT2D eigenvalue weighted by Gasteiger charge is -2.21. The maximum absolute atomic E-state index is 13.1. The van der Waals surface area contributed by atoms with Gasteiger partial charge in [-0.2, -0.15) is 4.31 Å². The third-order valence-corrected chi connectivity index (χ3v) is 7.76. The predicted molar refractivity (Wildman–Crippen MR) is 118 cm³/mol. The van der Waals surface area contributed by atoms with Crippen molar-refractivity contribution in [1.82, 2.24) is 4.31 Å². The number of nitrogens with zero attached hydrogens (tertiary/aromatic N) is 1. The lowest BCUT2D eigenvalue weighted by molar-refractivity contribution is 0.415. The Morgan fingerprint density at radius 2 is 1.60 bits per heavy atom. The number of methoxy groups -OCH3 is 1. The zero-order chi connectivity index (χ0) is 21.6. The van der Waals surface area contributed by atoms with Gasteiger partial charge in [-0.25, -0.2) is 16.8 Å². The zero-order valence-corrected chi connectivity index (χ0v) is 18.5. The Bertz CT molecular complexity index is 1090. The van der Waals surface area contributed by atoms with Gasteiger partial charge in [0.25, 0.3) is 10.0 Å². The fourth-order valence-electron chi connectivity index (χ4n) is 3.28. The minimum Gasteiger partial charge on any atom is -0.495 e. The molecule has 1 aliphatic heterocycles. The van der Waals surface area contributed by atoms with Crippen LogP contribution < -0.4 is 9.46 Å². The molecule has 0 aromatic heterocycles. The van der Waals surface area contributed by atoms with Crippen molar-refractivity contribution in [1.29, 1.82) is 0 Å². The molecule has 0 spiro atoms. The van der Waals surface area contributed by atoms with Crippen LogP contribution >= 0.6 is 0 Å². The first-order chi connectivity index (χ1) is 14.3. The van der Waals surface area contributed by atoms with Gasteiger partial charge >= 0.3 is 0 Å². The fourth-order valence-corrected chi connectivity index (χ4v) is 5.69. The average molecular weight is 451 g/mol. The van der Waals surface area contributed by atoms with E-state index in [-0.39, 0.29) is 16.3 Å². The molecule has 0 radical (unpaired) electrons. The smallest absolute Gasteiger partial charge is 0.255 e. The van der Waals surface area contributed by atoms with Gasteiger partial charge in [0, 0.05) is 13.1 Å². The SMILES string of the molecule is COc1ccc(S(=O)(=O)N2CCCCCC2)cc1NS(=O)(=O)/C=C/c1ccccc1. The maximum atomic E-state index is 13.1. The number of hydrogen-bond acceptors (Lipinski definition) is 5. The largest absolute Gasteiger partial charge is 0.495 e. The molecule has 2 aromatic rings. The molecule has 162 valence electrons. The van der Waals surface area contributed by atoms with E-state index in [0.29, 0.717) is 13.1 Å². The predicted octanol–water partition coefficient (Wildman–Crippen LogP) is 3.67. The highest BCUT2D eigenvalue weighted by atomic mass is 32.2. The molecule has 9 heteroatoms. The number of rotatable bonds is 7. The summed E-state index contributed by atoms with van der Waals surface area (Å²) in [6, 6.07) is 13.2. The Kier molecular flexibility index (Phi) is 7.17. The van der Waals surface area contributed by atoms with Crippen molar-refractivity contribution in [2.45, 2.75) is 30.6 Å². The first kappa shape index (κ1) is 22.3. The molecule has 0 atom stereocenters. The summed E-state index contributed by atoms with van der Waals surface area (Å²) in [5.74, 6) is 0.238.